The van der Waals surface area contributed by atoms with Gasteiger partial charge in [0.25, 0.3) is 5.92 Å². The van der Waals surface area contributed by atoms with Gasteiger partial charge in [0.1, 0.15) is 0 Å². The lowest BCUT2D eigenvalue weighted by molar-refractivity contribution is -0.124. The van der Waals surface area contributed by atoms with Crippen molar-refractivity contribution >= 4 is 18.3 Å². The van der Waals surface area contributed by atoms with Gasteiger partial charge in [0.15, 0.2) is 0 Å². The Hall–Kier alpha value is -0.500. The van der Waals surface area contributed by atoms with Crippen LogP contribution in [0.2, 0.25) is 0 Å². The molecule has 0 saturated carbocycles. The van der Waals surface area contributed by atoms with Gasteiger partial charge in [0.2, 0.25) is 5.91 Å². The van der Waals surface area contributed by atoms with Gasteiger partial charge < -0.3 is 20.5 Å². The Kier molecular flexibility index (Phi) is 9.16. The average molecular weight is 303 g/mol. The molecule has 0 bridgehead atoms. The Morgan fingerprint density at radius 3 is 2.84 bits per heavy atom. The lowest BCUT2D eigenvalue weighted by Gasteiger charge is -2.14. The highest BCUT2D eigenvalue weighted by Crippen LogP contribution is 2.12. The number of halogens is 3. The third kappa shape index (κ3) is 8.30. The Balaban J connectivity index is 0.00000324. The van der Waals surface area contributed by atoms with Crippen LogP contribution in [0.25, 0.3) is 0 Å². The minimum atomic E-state index is -3.05. The van der Waals surface area contributed by atoms with Crippen molar-refractivity contribution in [2.75, 3.05) is 32.9 Å². The molecule has 5 nitrogen and oxygen atoms in total. The van der Waals surface area contributed by atoms with Gasteiger partial charge >= 0.3 is 0 Å². The van der Waals surface area contributed by atoms with Crippen molar-refractivity contribution in [1.29, 1.82) is 0 Å². The predicted octanol–water partition coefficient (Wildman–Crippen LogP) is 0.704. The minimum absolute atomic E-state index is 0. The van der Waals surface area contributed by atoms with Crippen LogP contribution in [-0.4, -0.2) is 50.8 Å². The van der Waals surface area contributed by atoms with Crippen LogP contribution in [0.3, 0.4) is 0 Å². The molecule has 8 heteroatoms. The lowest BCUT2D eigenvalue weighted by atomic mass is 10.2. The van der Waals surface area contributed by atoms with Gasteiger partial charge in [0.05, 0.1) is 32.4 Å². The maximum absolute atomic E-state index is 12.7. The molecule has 0 aromatic rings. The van der Waals surface area contributed by atoms with Gasteiger partial charge in [0, 0.05) is 13.0 Å². The number of hydrogen-bond donors (Lipinski definition) is 2. The van der Waals surface area contributed by atoms with E-state index < -0.39 is 24.9 Å². The van der Waals surface area contributed by atoms with E-state index in [4.69, 9.17) is 15.2 Å². The van der Waals surface area contributed by atoms with Gasteiger partial charge in [-0.15, -0.1) is 12.4 Å². The highest BCUT2D eigenvalue weighted by molar-refractivity contribution is 5.85. The summed E-state index contributed by atoms with van der Waals surface area (Å²) in [4.78, 5) is 11.2. The first-order chi connectivity index (χ1) is 8.53. The molecule has 1 amide bonds. The number of carbonyl (C=O) groups excluding carboxylic acids is 1. The van der Waals surface area contributed by atoms with Gasteiger partial charge in [-0.3, -0.25) is 4.79 Å². The standard InChI is InChI=1S/C11H20F2N2O3.ClH/c12-11(13,7-14)8-15-10(16)3-5-17-6-9-2-1-4-18-9;/h9H,1-8,14H2,(H,15,16);1H. The van der Waals surface area contributed by atoms with Crippen molar-refractivity contribution < 1.29 is 23.0 Å². The second kappa shape index (κ2) is 9.41. The van der Waals surface area contributed by atoms with E-state index in [0.29, 0.717) is 6.61 Å². The summed E-state index contributed by atoms with van der Waals surface area (Å²) >= 11 is 0. The third-order valence-corrected chi connectivity index (χ3v) is 2.64. The molecule has 0 aliphatic carbocycles. The number of nitrogens with one attached hydrogen (secondary N) is 1. The van der Waals surface area contributed by atoms with Crippen LogP contribution in [0.1, 0.15) is 19.3 Å². The summed E-state index contributed by atoms with van der Waals surface area (Å²) in [6.07, 6.45) is 2.17. The average Bonchev–Trinajstić information content (AvgIpc) is 2.85. The zero-order chi connectivity index (χ0) is 13.4. The maximum Gasteiger partial charge on any atom is 0.277 e. The third-order valence-electron chi connectivity index (χ3n) is 2.64. The summed E-state index contributed by atoms with van der Waals surface area (Å²) in [5.74, 6) is -3.51. The summed E-state index contributed by atoms with van der Waals surface area (Å²) in [6.45, 7) is -0.0916. The van der Waals surface area contributed by atoms with Crippen molar-refractivity contribution in [1.82, 2.24) is 5.32 Å². The van der Waals surface area contributed by atoms with E-state index >= 15 is 0 Å². The Bertz CT molecular complexity index is 264. The molecule has 1 aliphatic rings. The second-order valence-electron chi connectivity index (χ2n) is 4.30. The van der Waals surface area contributed by atoms with Crippen LogP contribution in [-0.2, 0) is 14.3 Å². The van der Waals surface area contributed by atoms with Crippen LogP contribution in [0.5, 0.6) is 0 Å². The maximum atomic E-state index is 12.7. The minimum Gasteiger partial charge on any atom is -0.378 e. The zero-order valence-corrected chi connectivity index (χ0v) is 11.5. The number of rotatable bonds is 8. The highest BCUT2D eigenvalue weighted by Gasteiger charge is 2.26. The molecule has 0 aromatic carbocycles. The van der Waals surface area contributed by atoms with Crippen molar-refractivity contribution in [3.63, 3.8) is 0 Å². The number of hydrogen-bond acceptors (Lipinski definition) is 4. The fourth-order valence-electron chi connectivity index (χ4n) is 1.54. The first kappa shape index (κ1) is 18.5. The first-order valence-corrected chi connectivity index (χ1v) is 6.07. The molecule has 1 atom stereocenters. The number of amides is 1. The SMILES string of the molecule is Cl.NCC(F)(F)CNC(=O)CCOCC1CCCO1. The summed E-state index contributed by atoms with van der Waals surface area (Å²) < 4.78 is 36.0. The molecular weight excluding hydrogens is 282 g/mol. The van der Waals surface area contributed by atoms with Crippen LogP contribution in [0.4, 0.5) is 8.78 Å². The fraction of sp³-hybridized carbons (Fsp3) is 0.909. The zero-order valence-electron chi connectivity index (χ0n) is 10.7. The van der Waals surface area contributed by atoms with Crippen LogP contribution in [0, 0.1) is 0 Å². The summed E-state index contributed by atoms with van der Waals surface area (Å²) in [7, 11) is 0. The van der Waals surface area contributed by atoms with Gasteiger partial charge in [-0.2, -0.15) is 0 Å². The molecule has 1 saturated heterocycles. The van der Waals surface area contributed by atoms with Crippen molar-refractivity contribution in [2.24, 2.45) is 5.73 Å². The first-order valence-electron chi connectivity index (χ1n) is 6.07. The number of alkyl halides is 2. The molecule has 3 N–H and O–H groups in total. The normalized spacial score (nSPS) is 19.0. The molecule has 0 aromatic heterocycles. The summed E-state index contributed by atoms with van der Waals surface area (Å²) in [5, 5.41) is 2.12. The van der Waals surface area contributed by atoms with Gasteiger partial charge in [-0.05, 0) is 12.8 Å². The quantitative estimate of drug-likeness (QED) is 0.648. The van der Waals surface area contributed by atoms with E-state index in [1.54, 1.807) is 0 Å². The van der Waals surface area contributed by atoms with E-state index in [2.05, 4.69) is 5.32 Å². The predicted molar refractivity (Wildman–Crippen MR) is 68.7 cm³/mol. The molecule has 1 aliphatic heterocycles. The van der Waals surface area contributed by atoms with Gasteiger partial charge in [-0.1, -0.05) is 0 Å². The molecule has 1 fully saturated rings. The van der Waals surface area contributed by atoms with E-state index in [-0.39, 0.29) is 31.5 Å². The van der Waals surface area contributed by atoms with Crippen LogP contribution < -0.4 is 11.1 Å². The van der Waals surface area contributed by atoms with Crippen molar-refractivity contribution in [2.45, 2.75) is 31.3 Å². The molecule has 0 spiro atoms. The van der Waals surface area contributed by atoms with Crippen LogP contribution in [0.15, 0.2) is 0 Å². The van der Waals surface area contributed by atoms with E-state index in [1.807, 2.05) is 0 Å². The molecule has 1 heterocycles. The summed E-state index contributed by atoms with van der Waals surface area (Å²) in [5.41, 5.74) is 4.84. The van der Waals surface area contributed by atoms with Crippen molar-refractivity contribution in [3.05, 3.63) is 0 Å². The van der Waals surface area contributed by atoms with Crippen molar-refractivity contribution in [3.8, 4) is 0 Å². The topological polar surface area (TPSA) is 73.6 Å². The smallest absolute Gasteiger partial charge is 0.277 e. The second-order valence-corrected chi connectivity index (χ2v) is 4.30. The highest BCUT2D eigenvalue weighted by atomic mass is 35.5. The monoisotopic (exact) mass is 302 g/mol. The Labute approximate surface area is 117 Å². The van der Waals surface area contributed by atoms with Gasteiger partial charge in [-0.25, -0.2) is 8.78 Å². The molecule has 19 heavy (non-hydrogen) atoms. The number of carbonyl (C=O) groups is 1. The lowest BCUT2D eigenvalue weighted by Crippen LogP contribution is -2.41. The fourth-order valence-corrected chi connectivity index (χ4v) is 1.54. The number of nitrogens with two attached hydrogens (primary N) is 1. The molecular formula is C11H21ClF2N2O3. The van der Waals surface area contributed by atoms with Crippen LogP contribution >= 0.6 is 12.4 Å². The Morgan fingerprint density at radius 1 is 1.53 bits per heavy atom. The molecule has 1 unspecified atom stereocenters. The van der Waals surface area contributed by atoms with E-state index in [9.17, 15) is 13.6 Å². The summed E-state index contributed by atoms with van der Waals surface area (Å²) in [6, 6.07) is 0. The molecule has 114 valence electrons. The molecule has 0 radical (unpaired) electrons. The largest absolute Gasteiger partial charge is 0.378 e. The number of ether oxygens (including phenoxy) is 2. The van der Waals surface area contributed by atoms with E-state index in [0.717, 1.165) is 19.4 Å². The Morgan fingerprint density at radius 2 is 2.26 bits per heavy atom. The van der Waals surface area contributed by atoms with E-state index in [1.165, 1.54) is 0 Å². The molecule has 1 rings (SSSR count).